The monoisotopic (exact) mass is 232 g/mol. The SMILES string of the molecule is CC1CCCN(Cc2ccccc2CN)CC1. The van der Waals surface area contributed by atoms with Gasteiger partial charge < -0.3 is 5.73 Å². The normalized spacial score (nSPS) is 22.4. The van der Waals surface area contributed by atoms with Gasteiger partial charge in [0.1, 0.15) is 0 Å². The van der Waals surface area contributed by atoms with Crippen molar-refractivity contribution in [3.05, 3.63) is 35.4 Å². The lowest BCUT2D eigenvalue weighted by atomic mass is 10.0. The van der Waals surface area contributed by atoms with Crippen LogP contribution in [0.5, 0.6) is 0 Å². The molecule has 0 aromatic heterocycles. The van der Waals surface area contributed by atoms with Gasteiger partial charge in [0.25, 0.3) is 0 Å². The van der Waals surface area contributed by atoms with Gasteiger partial charge in [-0.15, -0.1) is 0 Å². The third kappa shape index (κ3) is 3.55. The second-order valence-electron chi connectivity index (χ2n) is 5.29. The van der Waals surface area contributed by atoms with Gasteiger partial charge in [0, 0.05) is 13.1 Å². The zero-order valence-electron chi connectivity index (χ0n) is 10.9. The molecule has 1 unspecified atom stereocenters. The lowest BCUT2D eigenvalue weighted by Crippen LogP contribution is -2.25. The van der Waals surface area contributed by atoms with E-state index in [1.807, 2.05) is 0 Å². The van der Waals surface area contributed by atoms with Crippen LogP contribution in [-0.4, -0.2) is 18.0 Å². The molecular weight excluding hydrogens is 208 g/mol. The molecule has 2 rings (SSSR count). The molecule has 2 N–H and O–H groups in total. The Morgan fingerprint density at radius 3 is 2.71 bits per heavy atom. The molecular formula is C15H24N2. The van der Waals surface area contributed by atoms with Gasteiger partial charge in [-0.2, -0.15) is 0 Å². The van der Waals surface area contributed by atoms with Gasteiger partial charge >= 0.3 is 0 Å². The van der Waals surface area contributed by atoms with Crippen molar-refractivity contribution in [2.24, 2.45) is 11.7 Å². The molecule has 2 nitrogen and oxygen atoms in total. The number of nitrogens with zero attached hydrogens (tertiary/aromatic N) is 1. The van der Waals surface area contributed by atoms with Gasteiger partial charge in [-0.3, -0.25) is 4.90 Å². The summed E-state index contributed by atoms with van der Waals surface area (Å²) in [6.07, 6.45) is 4.06. The summed E-state index contributed by atoms with van der Waals surface area (Å²) < 4.78 is 0. The predicted octanol–water partition coefficient (Wildman–Crippen LogP) is 2.77. The third-order valence-corrected chi connectivity index (χ3v) is 3.84. The lowest BCUT2D eigenvalue weighted by molar-refractivity contribution is 0.273. The Morgan fingerprint density at radius 1 is 1.18 bits per heavy atom. The Balaban J connectivity index is 1.99. The molecule has 17 heavy (non-hydrogen) atoms. The first-order chi connectivity index (χ1) is 8.29. The van der Waals surface area contributed by atoms with Crippen molar-refractivity contribution >= 4 is 0 Å². The maximum atomic E-state index is 5.79. The lowest BCUT2D eigenvalue weighted by Gasteiger charge is -2.21. The maximum absolute atomic E-state index is 5.79. The first-order valence-corrected chi connectivity index (χ1v) is 6.79. The Kier molecular flexibility index (Phi) is 4.57. The van der Waals surface area contributed by atoms with Gasteiger partial charge in [0.15, 0.2) is 0 Å². The summed E-state index contributed by atoms with van der Waals surface area (Å²) >= 11 is 0. The fraction of sp³-hybridized carbons (Fsp3) is 0.600. The van der Waals surface area contributed by atoms with Crippen LogP contribution in [0.25, 0.3) is 0 Å². The smallest absolute Gasteiger partial charge is 0.0236 e. The molecule has 0 bridgehead atoms. The first kappa shape index (κ1) is 12.6. The summed E-state index contributed by atoms with van der Waals surface area (Å²) in [5, 5.41) is 0. The molecule has 94 valence electrons. The van der Waals surface area contributed by atoms with Gasteiger partial charge in [-0.25, -0.2) is 0 Å². The summed E-state index contributed by atoms with van der Waals surface area (Å²) in [6.45, 7) is 6.57. The van der Waals surface area contributed by atoms with Gasteiger partial charge in [0.05, 0.1) is 0 Å². The Bertz CT molecular complexity index is 349. The molecule has 0 radical (unpaired) electrons. The highest BCUT2D eigenvalue weighted by Crippen LogP contribution is 2.19. The highest BCUT2D eigenvalue weighted by Gasteiger charge is 2.14. The van der Waals surface area contributed by atoms with E-state index in [9.17, 15) is 0 Å². The third-order valence-electron chi connectivity index (χ3n) is 3.84. The predicted molar refractivity (Wildman–Crippen MR) is 72.6 cm³/mol. The molecule has 1 heterocycles. The number of rotatable bonds is 3. The van der Waals surface area contributed by atoms with E-state index in [4.69, 9.17) is 5.73 Å². The Hall–Kier alpha value is -0.860. The van der Waals surface area contributed by atoms with Crippen LogP contribution < -0.4 is 5.73 Å². The van der Waals surface area contributed by atoms with E-state index in [0.29, 0.717) is 6.54 Å². The molecule has 1 aromatic carbocycles. The van der Waals surface area contributed by atoms with E-state index in [0.717, 1.165) is 12.5 Å². The van der Waals surface area contributed by atoms with Crippen molar-refractivity contribution < 1.29 is 0 Å². The number of benzene rings is 1. The number of hydrogen-bond donors (Lipinski definition) is 1. The molecule has 1 fully saturated rings. The average molecular weight is 232 g/mol. The number of hydrogen-bond acceptors (Lipinski definition) is 2. The maximum Gasteiger partial charge on any atom is 0.0236 e. The summed E-state index contributed by atoms with van der Waals surface area (Å²) in [5.74, 6) is 0.893. The molecule has 0 aliphatic carbocycles. The van der Waals surface area contributed by atoms with E-state index < -0.39 is 0 Å². The fourth-order valence-electron chi connectivity index (χ4n) is 2.63. The largest absolute Gasteiger partial charge is 0.326 e. The molecule has 1 aromatic rings. The van der Waals surface area contributed by atoms with E-state index in [1.54, 1.807) is 0 Å². The highest BCUT2D eigenvalue weighted by molar-refractivity contribution is 5.26. The summed E-state index contributed by atoms with van der Waals surface area (Å²) in [6, 6.07) is 8.57. The molecule has 1 atom stereocenters. The Morgan fingerprint density at radius 2 is 1.94 bits per heavy atom. The highest BCUT2D eigenvalue weighted by atomic mass is 15.1. The van der Waals surface area contributed by atoms with E-state index in [2.05, 4.69) is 36.1 Å². The van der Waals surface area contributed by atoms with Gasteiger partial charge in [-0.1, -0.05) is 31.2 Å². The second-order valence-corrected chi connectivity index (χ2v) is 5.29. The van der Waals surface area contributed by atoms with Crippen molar-refractivity contribution in [2.45, 2.75) is 39.3 Å². The molecule has 0 spiro atoms. The van der Waals surface area contributed by atoms with Crippen molar-refractivity contribution in [3.63, 3.8) is 0 Å². The number of likely N-dealkylation sites (tertiary alicyclic amines) is 1. The molecule has 1 saturated heterocycles. The minimum absolute atomic E-state index is 0.653. The Labute approximate surface area is 105 Å². The molecule has 0 amide bonds. The van der Waals surface area contributed by atoms with Crippen molar-refractivity contribution in [1.29, 1.82) is 0 Å². The van der Waals surface area contributed by atoms with Crippen LogP contribution in [0.4, 0.5) is 0 Å². The molecule has 2 heteroatoms. The minimum Gasteiger partial charge on any atom is -0.326 e. The second kappa shape index (κ2) is 6.18. The summed E-state index contributed by atoms with van der Waals surface area (Å²) in [5.41, 5.74) is 8.49. The minimum atomic E-state index is 0.653. The first-order valence-electron chi connectivity index (χ1n) is 6.79. The average Bonchev–Trinajstić information content (AvgIpc) is 2.55. The summed E-state index contributed by atoms with van der Waals surface area (Å²) in [7, 11) is 0. The van der Waals surface area contributed by atoms with Gasteiger partial charge in [-0.05, 0) is 49.4 Å². The topological polar surface area (TPSA) is 29.3 Å². The molecule has 1 aliphatic rings. The molecule has 1 aliphatic heterocycles. The quantitative estimate of drug-likeness (QED) is 0.868. The van der Waals surface area contributed by atoms with Crippen LogP contribution in [0.2, 0.25) is 0 Å². The van der Waals surface area contributed by atoms with Crippen molar-refractivity contribution in [2.75, 3.05) is 13.1 Å². The van der Waals surface area contributed by atoms with Crippen LogP contribution in [-0.2, 0) is 13.1 Å². The van der Waals surface area contributed by atoms with Crippen LogP contribution >= 0.6 is 0 Å². The van der Waals surface area contributed by atoms with E-state index >= 15 is 0 Å². The zero-order chi connectivity index (χ0) is 12.1. The van der Waals surface area contributed by atoms with Crippen molar-refractivity contribution in [1.82, 2.24) is 4.90 Å². The molecule has 0 saturated carbocycles. The zero-order valence-corrected chi connectivity index (χ0v) is 10.9. The van der Waals surface area contributed by atoms with Crippen LogP contribution in [0, 0.1) is 5.92 Å². The number of nitrogens with two attached hydrogens (primary N) is 1. The van der Waals surface area contributed by atoms with Crippen LogP contribution in [0.1, 0.15) is 37.3 Å². The fourth-order valence-corrected chi connectivity index (χ4v) is 2.63. The van der Waals surface area contributed by atoms with E-state index in [1.165, 1.54) is 43.5 Å². The summed E-state index contributed by atoms with van der Waals surface area (Å²) in [4.78, 5) is 2.58. The van der Waals surface area contributed by atoms with Crippen LogP contribution in [0.3, 0.4) is 0 Å². The van der Waals surface area contributed by atoms with Crippen molar-refractivity contribution in [3.8, 4) is 0 Å². The standard InChI is InChI=1S/C15H24N2/c1-13-5-4-9-17(10-8-13)12-15-7-3-2-6-14(15)11-16/h2-3,6-7,13H,4-5,8-12,16H2,1H3. The van der Waals surface area contributed by atoms with Crippen LogP contribution in [0.15, 0.2) is 24.3 Å². The van der Waals surface area contributed by atoms with E-state index in [-0.39, 0.29) is 0 Å². The van der Waals surface area contributed by atoms with Gasteiger partial charge in [0.2, 0.25) is 0 Å².